The molecule has 0 bridgehead atoms. The minimum atomic E-state index is 0.543. The van der Waals surface area contributed by atoms with Crippen molar-refractivity contribution in [1.82, 2.24) is 14.8 Å². The zero-order valence-electron chi connectivity index (χ0n) is 12.6. The van der Waals surface area contributed by atoms with Gasteiger partial charge in [0.1, 0.15) is 5.75 Å². The van der Waals surface area contributed by atoms with Gasteiger partial charge in [0.25, 0.3) is 0 Å². The van der Waals surface area contributed by atoms with E-state index in [0.29, 0.717) is 17.4 Å². The van der Waals surface area contributed by atoms with E-state index >= 15 is 0 Å². The topological polar surface area (TPSA) is 53.1 Å². The average Bonchev–Trinajstić information content (AvgIpc) is 3.22. The fraction of sp³-hybridized carbons (Fsp3) is 0.250. The van der Waals surface area contributed by atoms with Gasteiger partial charge in [-0.2, -0.15) is 0 Å². The van der Waals surface area contributed by atoms with E-state index in [1.807, 2.05) is 41.0 Å². The maximum Gasteiger partial charge on any atom is 0.200 e. The normalized spacial score (nSPS) is 10.9. The highest BCUT2D eigenvalue weighted by Gasteiger charge is 2.14. The third kappa shape index (κ3) is 3.71. The van der Waals surface area contributed by atoms with Crippen LogP contribution in [0.25, 0.3) is 11.6 Å². The van der Waals surface area contributed by atoms with E-state index in [0.717, 1.165) is 29.0 Å². The van der Waals surface area contributed by atoms with Gasteiger partial charge >= 0.3 is 0 Å². The van der Waals surface area contributed by atoms with Gasteiger partial charge in [0, 0.05) is 12.3 Å². The lowest BCUT2D eigenvalue weighted by molar-refractivity contribution is 0.344. The van der Waals surface area contributed by atoms with Gasteiger partial charge in [-0.25, -0.2) is 0 Å². The van der Waals surface area contributed by atoms with Gasteiger partial charge in [-0.1, -0.05) is 35.5 Å². The molecule has 0 aliphatic carbocycles. The maximum atomic E-state index is 6.06. The summed E-state index contributed by atoms with van der Waals surface area (Å²) in [5.41, 5.74) is 0. The van der Waals surface area contributed by atoms with Crippen molar-refractivity contribution in [3.8, 4) is 17.3 Å². The standard InChI is InChI=1S/C16H16ClN3O2S/c1-2-20-15(14-8-5-9-21-14)18-19-16(20)23-11-10-22-13-7-4-3-6-12(13)17/h3-9H,2,10-11H2,1H3. The van der Waals surface area contributed by atoms with E-state index in [9.17, 15) is 0 Å². The molecule has 0 spiro atoms. The summed E-state index contributed by atoms with van der Waals surface area (Å²) in [5, 5.41) is 9.92. The van der Waals surface area contributed by atoms with E-state index in [4.69, 9.17) is 20.8 Å². The number of furan rings is 1. The van der Waals surface area contributed by atoms with Gasteiger partial charge in [0.05, 0.1) is 17.9 Å². The highest BCUT2D eigenvalue weighted by molar-refractivity contribution is 7.99. The molecule has 0 fully saturated rings. The third-order valence-electron chi connectivity index (χ3n) is 3.18. The lowest BCUT2D eigenvalue weighted by atomic mass is 10.3. The second-order valence-electron chi connectivity index (χ2n) is 4.66. The first-order valence-electron chi connectivity index (χ1n) is 7.26. The first-order chi connectivity index (χ1) is 11.3. The molecule has 3 rings (SSSR count). The molecular formula is C16H16ClN3O2S. The Labute approximate surface area is 143 Å². The van der Waals surface area contributed by atoms with Crippen molar-refractivity contribution in [2.75, 3.05) is 12.4 Å². The van der Waals surface area contributed by atoms with Crippen molar-refractivity contribution in [2.24, 2.45) is 0 Å². The molecule has 1 aromatic carbocycles. The van der Waals surface area contributed by atoms with E-state index in [1.165, 1.54) is 0 Å². The quantitative estimate of drug-likeness (QED) is 0.468. The number of ether oxygens (including phenoxy) is 1. The number of thioether (sulfide) groups is 1. The summed E-state index contributed by atoms with van der Waals surface area (Å²) in [5.74, 6) is 2.91. The summed E-state index contributed by atoms with van der Waals surface area (Å²) in [7, 11) is 0. The van der Waals surface area contributed by atoms with Crippen molar-refractivity contribution in [3.63, 3.8) is 0 Å². The van der Waals surface area contributed by atoms with Crippen molar-refractivity contribution in [3.05, 3.63) is 47.7 Å². The minimum absolute atomic E-state index is 0.543. The number of aromatic nitrogens is 3. The Bertz CT molecular complexity index is 759. The zero-order valence-corrected chi connectivity index (χ0v) is 14.2. The number of halogens is 1. The lowest BCUT2D eigenvalue weighted by Crippen LogP contribution is -2.03. The Morgan fingerprint density at radius 3 is 2.83 bits per heavy atom. The first-order valence-corrected chi connectivity index (χ1v) is 8.63. The smallest absolute Gasteiger partial charge is 0.200 e. The third-order valence-corrected chi connectivity index (χ3v) is 4.43. The largest absolute Gasteiger partial charge is 0.491 e. The lowest BCUT2D eigenvalue weighted by Gasteiger charge is -2.08. The fourth-order valence-electron chi connectivity index (χ4n) is 2.11. The Hall–Kier alpha value is -1.92. The SMILES string of the molecule is CCn1c(SCCOc2ccccc2Cl)nnc1-c1ccco1. The van der Waals surface area contributed by atoms with Crippen LogP contribution < -0.4 is 4.74 Å². The van der Waals surface area contributed by atoms with Crippen molar-refractivity contribution in [2.45, 2.75) is 18.6 Å². The predicted molar refractivity (Wildman–Crippen MR) is 91.1 cm³/mol. The van der Waals surface area contributed by atoms with Crippen molar-refractivity contribution >= 4 is 23.4 Å². The van der Waals surface area contributed by atoms with Crippen LogP contribution in [0.5, 0.6) is 5.75 Å². The fourth-order valence-corrected chi connectivity index (χ4v) is 3.12. The summed E-state index contributed by atoms with van der Waals surface area (Å²) >= 11 is 7.65. The number of rotatable bonds is 7. The summed E-state index contributed by atoms with van der Waals surface area (Å²) < 4.78 is 13.1. The molecule has 0 saturated carbocycles. The van der Waals surface area contributed by atoms with Gasteiger partial charge in [-0.05, 0) is 31.2 Å². The highest BCUT2D eigenvalue weighted by atomic mass is 35.5. The monoisotopic (exact) mass is 349 g/mol. The van der Waals surface area contributed by atoms with E-state index in [1.54, 1.807) is 18.0 Å². The second kappa shape index (κ2) is 7.57. The van der Waals surface area contributed by atoms with E-state index in [2.05, 4.69) is 17.1 Å². The van der Waals surface area contributed by atoms with Crippen LogP contribution in [-0.4, -0.2) is 27.1 Å². The molecule has 3 aromatic rings. The predicted octanol–water partition coefficient (Wildman–Crippen LogP) is 4.38. The van der Waals surface area contributed by atoms with Gasteiger partial charge in [0.15, 0.2) is 16.7 Å². The van der Waals surface area contributed by atoms with Crippen LogP contribution in [0.4, 0.5) is 0 Å². The first kappa shape index (κ1) is 16.0. The van der Waals surface area contributed by atoms with Crippen LogP contribution in [0.15, 0.2) is 52.2 Å². The average molecular weight is 350 g/mol. The molecule has 23 heavy (non-hydrogen) atoms. The summed E-state index contributed by atoms with van der Waals surface area (Å²) in [6.45, 7) is 3.37. The van der Waals surface area contributed by atoms with Crippen LogP contribution in [0.2, 0.25) is 5.02 Å². The number of hydrogen-bond acceptors (Lipinski definition) is 5. The van der Waals surface area contributed by atoms with Crippen LogP contribution in [0.1, 0.15) is 6.92 Å². The van der Waals surface area contributed by atoms with Gasteiger partial charge < -0.3 is 9.15 Å². The second-order valence-corrected chi connectivity index (χ2v) is 6.12. The molecule has 0 atom stereocenters. The van der Waals surface area contributed by atoms with Gasteiger partial charge in [0.2, 0.25) is 0 Å². The molecule has 2 heterocycles. The summed E-state index contributed by atoms with van der Waals surface area (Å²) in [6.07, 6.45) is 1.63. The molecule has 0 N–H and O–H groups in total. The highest BCUT2D eigenvalue weighted by Crippen LogP contribution is 2.26. The molecule has 0 aliphatic heterocycles. The molecule has 5 nitrogen and oxygen atoms in total. The molecule has 0 radical (unpaired) electrons. The molecule has 7 heteroatoms. The van der Waals surface area contributed by atoms with Crippen molar-refractivity contribution < 1.29 is 9.15 Å². The zero-order chi connectivity index (χ0) is 16.1. The maximum absolute atomic E-state index is 6.06. The van der Waals surface area contributed by atoms with E-state index < -0.39 is 0 Å². The van der Waals surface area contributed by atoms with Crippen molar-refractivity contribution in [1.29, 1.82) is 0 Å². The number of nitrogens with zero attached hydrogens (tertiary/aromatic N) is 3. The Morgan fingerprint density at radius 1 is 1.22 bits per heavy atom. The Morgan fingerprint density at radius 2 is 2.09 bits per heavy atom. The molecule has 0 saturated heterocycles. The van der Waals surface area contributed by atoms with E-state index in [-0.39, 0.29) is 0 Å². The minimum Gasteiger partial charge on any atom is -0.491 e. The summed E-state index contributed by atoms with van der Waals surface area (Å²) in [4.78, 5) is 0. The number of benzene rings is 1. The molecule has 0 unspecified atom stereocenters. The molecule has 2 aromatic heterocycles. The van der Waals surface area contributed by atoms with Crippen LogP contribution in [-0.2, 0) is 6.54 Å². The molecule has 120 valence electrons. The molecule has 0 amide bonds. The van der Waals surface area contributed by atoms with Crippen LogP contribution >= 0.6 is 23.4 Å². The van der Waals surface area contributed by atoms with Crippen LogP contribution in [0.3, 0.4) is 0 Å². The molecular weight excluding hydrogens is 334 g/mol. The van der Waals surface area contributed by atoms with Crippen LogP contribution in [0, 0.1) is 0 Å². The Balaban J connectivity index is 1.60. The number of hydrogen-bond donors (Lipinski definition) is 0. The number of para-hydroxylation sites is 1. The van der Waals surface area contributed by atoms with Gasteiger partial charge in [-0.3, -0.25) is 4.57 Å². The summed E-state index contributed by atoms with van der Waals surface area (Å²) in [6, 6.07) is 11.2. The molecule has 0 aliphatic rings. The Kier molecular flexibility index (Phi) is 5.25. The van der Waals surface area contributed by atoms with Gasteiger partial charge in [-0.15, -0.1) is 10.2 Å².